The third-order valence-electron chi connectivity index (χ3n) is 3.74. The smallest absolute Gasteiger partial charge is 0.119 e. The van der Waals surface area contributed by atoms with E-state index in [1.54, 1.807) is 7.11 Å². The van der Waals surface area contributed by atoms with E-state index in [4.69, 9.17) is 4.74 Å². The maximum absolute atomic E-state index is 5.24. The SMILES string of the molecule is COc1ccc(NC2CCCN(C)CC2)c(C)c1. The minimum absolute atomic E-state index is 0.599. The van der Waals surface area contributed by atoms with Crippen molar-refractivity contribution in [3.05, 3.63) is 23.8 Å². The van der Waals surface area contributed by atoms with Crippen molar-refractivity contribution in [3.63, 3.8) is 0 Å². The van der Waals surface area contributed by atoms with Crippen molar-refractivity contribution in [1.29, 1.82) is 0 Å². The molecule has 0 saturated carbocycles. The molecule has 1 aliphatic rings. The zero-order valence-corrected chi connectivity index (χ0v) is 11.7. The van der Waals surface area contributed by atoms with Crippen molar-refractivity contribution in [2.45, 2.75) is 32.2 Å². The second-order valence-electron chi connectivity index (χ2n) is 5.26. The first-order valence-electron chi connectivity index (χ1n) is 6.79. The van der Waals surface area contributed by atoms with E-state index in [0.717, 1.165) is 5.75 Å². The van der Waals surface area contributed by atoms with Gasteiger partial charge in [-0.05, 0) is 70.1 Å². The van der Waals surface area contributed by atoms with Crippen LogP contribution < -0.4 is 10.1 Å². The Labute approximate surface area is 110 Å². The Morgan fingerprint density at radius 3 is 2.83 bits per heavy atom. The van der Waals surface area contributed by atoms with E-state index in [0.29, 0.717) is 6.04 Å². The number of hydrogen-bond donors (Lipinski definition) is 1. The predicted molar refractivity (Wildman–Crippen MR) is 76.5 cm³/mol. The second kappa shape index (κ2) is 6.10. The average molecular weight is 248 g/mol. The third-order valence-corrected chi connectivity index (χ3v) is 3.74. The average Bonchev–Trinajstić information content (AvgIpc) is 2.57. The number of likely N-dealkylation sites (tertiary alicyclic amines) is 1. The molecule has 0 bridgehead atoms. The molecule has 0 radical (unpaired) electrons. The molecule has 0 spiro atoms. The number of methoxy groups -OCH3 is 1. The topological polar surface area (TPSA) is 24.5 Å². The van der Waals surface area contributed by atoms with Crippen LogP contribution in [0.3, 0.4) is 0 Å². The van der Waals surface area contributed by atoms with Gasteiger partial charge in [-0.1, -0.05) is 0 Å². The lowest BCUT2D eigenvalue weighted by atomic mass is 10.1. The summed E-state index contributed by atoms with van der Waals surface area (Å²) < 4.78 is 5.24. The Morgan fingerprint density at radius 1 is 1.28 bits per heavy atom. The highest BCUT2D eigenvalue weighted by Gasteiger charge is 2.15. The highest BCUT2D eigenvalue weighted by atomic mass is 16.5. The molecule has 1 aromatic rings. The molecule has 1 aromatic carbocycles. The Morgan fingerprint density at radius 2 is 2.11 bits per heavy atom. The summed E-state index contributed by atoms with van der Waals surface area (Å²) in [7, 11) is 3.92. The van der Waals surface area contributed by atoms with Crippen LogP contribution in [0.4, 0.5) is 5.69 Å². The number of benzene rings is 1. The fraction of sp³-hybridized carbons (Fsp3) is 0.600. The first-order chi connectivity index (χ1) is 8.69. The number of anilines is 1. The summed E-state index contributed by atoms with van der Waals surface area (Å²) in [5.41, 5.74) is 2.50. The molecule has 0 aromatic heterocycles. The molecular weight excluding hydrogens is 224 g/mol. The number of ether oxygens (including phenoxy) is 1. The lowest BCUT2D eigenvalue weighted by molar-refractivity contribution is 0.348. The first kappa shape index (κ1) is 13.2. The van der Waals surface area contributed by atoms with Crippen molar-refractivity contribution >= 4 is 5.69 Å². The number of aryl methyl sites for hydroxylation is 1. The van der Waals surface area contributed by atoms with Crippen LogP contribution in [0.2, 0.25) is 0 Å². The third kappa shape index (κ3) is 3.39. The zero-order valence-electron chi connectivity index (χ0n) is 11.7. The minimum atomic E-state index is 0.599. The standard InChI is InChI=1S/C15H24N2O/c1-12-11-14(18-3)6-7-15(12)16-13-5-4-9-17(2)10-8-13/h6-7,11,13,16H,4-5,8-10H2,1-3H3. The van der Waals surface area contributed by atoms with Crippen LogP contribution >= 0.6 is 0 Å². The van der Waals surface area contributed by atoms with Gasteiger partial charge in [0.05, 0.1) is 7.11 Å². The van der Waals surface area contributed by atoms with Crippen LogP contribution in [0.1, 0.15) is 24.8 Å². The maximum Gasteiger partial charge on any atom is 0.119 e. The van der Waals surface area contributed by atoms with E-state index >= 15 is 0 Å². The van der Waals surface area contributed by atoms with E-state index in [1.165, 1.54) is 43.6 Å². The number of hydrogen-bond acceptors (Lipinski definition) is 3. The molecule has 2 rings (SSSR count). The highest BCUT2D eigenvalue weighted by molar-refractivity contribution is 5.54. The van der Waals surface area contributed by atoms with Gasteiger partial charge in [-0.2, -0.15) is 0 Å². The fourth-order valence-electron chi connectivity index (χ4n) is 2.53. The molecule has 1 saturated heterocycles. The molecule has 1 fully saturated rings. The summed E-state index contributed by atoms with van der Waals surface area (Å²) in [6.07, 6.45) is 3.77. The van der Waals surface area contributed by atoms with Gasteiger partial charge >= 0.3 is 0 Å². The fourth-order valence-corrected chi connectivity index (χ4v) is 2.53. The van der Waals surface area contributed by atoms with Crippen molar-refractivity contribution in [2.75, 3.05) is 32.6 Å². The van der Waals surface area contributed by atoms with Crippen molar-refractivity contribution < 1.29 is 4.74 Å². The molecule has 100 valence electrons. The van der Waals surface area contributed by atoms with Gasteiger partial charge in [-0.15, -0.1) is 0 Å². The molecule has 18 heavy (non-hydrogen) atoms. The van der Waals surface area contributed by atoms with Crippen LogP contribution in [0.15, 0.2) is 18.2 Å². The monoisotopic (exact) mass is 248 g/mol. The maximum atomic E-state index is 5.24. The zero-order chi connectivity index (χ0) is 13.0. The van der Waals surface area contributed by atoms with Gasteiger partial charge in [0.2, 0.25) is 0 Å². The molecule has 1 atom stereocenters. The summed E-state index contributed by atoms with van der Waals surface area (Å²) in [6, 6.07) is 6.84. The quantitative estimate of drug-likeness (QED) is 0.890. The Kier molecular flexibility index (Phi) is 4.48. The molecule has 0 amide bonds. The molecular formula is C15H24N2O. The molecule has 1 aliphatic heterocycles. The van der Waals surface area contributed by atoms with E-state index in [9.17, 15) is 0 Å². The summed E-state index contributed by atoms with van der Waals surface area (Å²) in [5, 5.41) is 3.68. The molecule has 3 nitrogen and oxygen atoms in total. The van der Waals surface area contributed by atoms with Gasteiger partial charge in [-0.25, -0.2) is 0 Å². The molecule has 1 unspecified atom stereocenters. The second-order valence-corrected chi connectivity index (χ2v) is 5.26. The molecule has 0 aliphatic carbocycles. The van der Waals surface area contributed by atoms with Gasteiger partial charge in [0, 0.05) is 11.7 Å². The lowest BCUT2D eigenvalue weighted by Crippen LogP contribution is -2.23. The van der Waals surface area contributed by atoms with Crippen molar-refractivity contribution in [1.82, 2.24) is 4.90 Å². The van der Waals surface area contributed by atoms with Gasteiger partial charge in [-0.3, -0.25) is 0 Å². The lowest BCUT2D eigenvalue weighted by Gasteiger charge is -2.20. The van der Waals surface area contributed by atoms with E-state index < -0.39 is 0 Å². The largest absolute Gasteiger partial charge is 0.497 e. The number of nitrogens with one attached hydrogen (secondary N) is 1. The molecule has 1 heterocycles. The first-order valence-corrected chi connectivity index (χ1v) is 6.79. The van der Waals surface area contributed by atoms with Crippen LogP contribution in [0.25, 0.3) is 0 Å². The molecule has 3 heteroatoms. The van der Waals surface area contributed by atoms with Crippen molar-refractivity contribution in [3.8, 4) is 5.75 Å². The Hall–Kier alpha value is -1.22. The van der Waals surface area contributed by atoms with Gasteiger partial charge in [0.25, 0.3) is 0 Å². The van der Waals surface area contributed by atoms with Crippen LogP contribution in [-0.2, 0) is 0 Å². The summed E-state index contributed by atoms with van der Waals surface area (Å²) in [4.78, 5) is 2.42. The van der Waals surface area contributed by atoms with Gasteiger partial charge < -0.3 is 15.0 Å². The predicted octanol–water partition coefficient (Wildman–Crippen LogP) is 2.90. The minimum Gasteiger partial charge on any atom is -0.497 e. The van der Waals surface area contributed by atoms with Gasteiger partial charge in [0.1, 0.15) is 5.75 Å². The molecule has 1 N–H and O–H groups in total. The van der Waals surface area contributed by atoms with Gasteiger partial charge in [0.15, 0.2) is 0 Å². The van der Waals surface area contributed by atoms with E-state index in [1.807, 2.05) is 6.07 Å². The van der Waals surface area contributed by atoms with Crippen LogP contribution in [-0.4, -0.2) is 38.2 Å². The normalized spacial score (nSPS) is 21.4. The number of nitrogens with zero attached hydrogens (tertiary/aromatic N) is 1. The van der Waals surface area contributed by atoms with E-state index in [2.05, 4.69) is 36.3 Å². The Balaban J connectivity index is 2.00. The highest BCUT2D eigenvalue weighted by Crippen LogP contribution is 2.23. The van der Waals surface area contributed by atoms with Crippen LogP contribution in [0.5, 0.6) is 5.75 Å². The summed E-state index contributed by atoms with van der Waals surface area (Å²) in [6.45, 7) is 4.54. The Bertz CT molecular complexity index is 392. The summed E-state index contributed by atoms with van der Waals surface area (Å²) >= 11 is 0. The van der Waals surface area contributed by atoms with Crippen molar-refractivity contribution in [2.24, 2.45) is 0 Å². The summed E-state index contributed by atoms with van der Waals surface area (Å²) in [5.74, 6) is 0.929. The number of rotatable bonds is 3. The van der Waals surface area contributed by atoms with Crippen LogP contribution in [0, 0.1) is 6.92 Å². The van der Waals surface area contributed by atoms with E-state index in [-0.39, 0.29) is 0 Å².